The molecule has 3 amide bonds. The summed E-state index contributed by atoms with van der Waals surface area (Å²) in [6.45, 7) is 1.93. The van der Waals surface area contributed by atoms with Crippen LogP contribution in [0.15, 0.2) is 108 Å². The minimum Gasteiger partial charge on any atom is -0.493 e. The molecule has 3 aromatic carbocycles. The Balaban J connectivity index is 1.56. The van der Waals surface area contributed by atoms with E-state index in [1.54, 1.807) is 91.1 Å². The number of nitrogens with zero attached hydrogens (tertiary/aromatic N) is 1. The fraction of sp³-hybridized carbons (Fsp3) is 0.152. The van der Waals surface area contributed by atoms with Crippen molar-refractivity contribution < 1.29 is 23.9 Å². The largest absolute Gasteiger partial charge is 0.493 e. The maximum atomic E-state index is 13.6. The summed E-state index contributed by atoms with van der Waals surface area (Å²) < 4.78 is 10.9. The Bertz CT molecular complexity index is 1600. The van der Waals surface area contributed by atoms with Gasteiger partial charge in [-0.25, -0.2) is 4.98 Å². The van der Waals surface area contributed by atoms with Crippen LogP contribution in [0.5, 0.6) is 11.5 Å². The number of amides is 3. The lowest BCUT2D eigenvalue weighted by Crippen LogP contribution is -2.30. The Labute approximate surface area is 254 Å². The van der Waals surface area contributed by atoms with Gasteiger partial charge in [-0.15, -0.1) is 11.8 Å². The normalized spacial score (nSPS) is 11.7. The van der Waals surface area contributed by atoms with Gasteiger partial charge >= 0.3 is 0 Å². The van der Waals surface area contributed by atoms with Crippen molar-refractivity contribution in [1.29, 1.82) is 0 Å². The Kier molecular flexibility index (Phi) is 10.9. The van der Waals surface area contributed by atoms with Gasteiger partial charge in [0.1, 0.15) is 11.5 Å². The van der Waals surface area contributed by atoms with Gasteiger partial charge in [0.05, 0.1) is 19.5 Å². The molecule has 0 bridgehead atoms. The summed E-state index contributed by atoms with van der Waals surface area (Å²) in [5.74, 6) is 0.220. The lowest BCUT2D eigenvalue weighted by atomic mass is 10.1. The quantitative estimate of drug-likeness (QED) is 0.135. The summed E-state index contributed by atoms with van der Waals surface area (Å²) >= 11 is 1.38. The molecule has 0 aliphatic carbocycles. The Morgan fingerprint density at radius 1 is 0.884 bits per heavy atom. The fourth-order valence-electron chi connectivity index (χ4n) is 4.10. The van der Waals surface area contributed by atoms with E-state index >= 15 is 0 Å². The predicted octanol–water partition coefficient (Wildman–Crippen LogP) is 6.02. The SMILES string of the molecule is CCC(Sc1cccc(NC(=O)/C(=C\c2cccc(OC)c2OC)NC(=O)c2ccccc2)c1)C(=O)Nc1ccccn1. The molecule has 0 saturated heterocycles. The third-order valence-corrected chi connectivity index (χ3v) is 7.57. The van der Waals surface area contributed by atoms with Crippen LogP contribution in [-0.2, 0) is 9.59 Å². The number of carbonyl (C=O) groups is 3. The number of methoxy groups -OCH3 is 2. The standard InChI is InChI=1S/C33H32N4O5S/c1-4-28(33(40)37-29-18-8-9-19-34-29)43-25-16-11-15-24(21-25)35-32(39)26(36-31(38)22-12-6-5-7-13-22)20-23-14-10-17-27(41-2)30(23)42-3/h5-21,28H,4H2,1-3H3,(H,35,39)(H,36,38)(H,34,37,40)/b26-20+. The molecule has 1 unspecified atom stereocenters. The molecule has 0 spiro atoms. The highest BCUT2D eigenvalue weighted by Crippen LogP contribution is 2.32. The van der Waals surface area contributed by atoms with Gasteiger partial charge in [0.15, 0.2) is 11.5 Å². The van der Waals surface area contributed by atoms with E-state index in [9.17, 15) is 14.4 Å². The fourth-order valence-corrected chi connectivity index (χ4v) is 5.11. The molecule has 3 N–H and O–H groups in total. The van der Waals surface area contributed by atoms with Crippen LogP contribution in [0.2, 0.25) is 0 Å². The monoisotopic (exact) mass is 596 g/mol. The van der Waals surface area contributed by atoms with Gasteiger partial charge in [-0.2, -0.15) is 0 Å². The second-order valence-corrected chi connectivity index (χ2v) is 10.4. The van der Waals surface area contributed by atoms with Gasteiger partial charge < -0.3 is 25.4 Å². The van der Waals surface area contributed by atoms with Crippen LogP contribution in [0.3, 0.4) is 0 Å². The van der Waals surface area contributed by atoms with E-state index < -0.39 is 11.8 Å². The number of aromatic nitrogens is 1. The van der Waals surface area contributed by atoms with E-state index in [0.29, 0.717) is 40.6 Å². The molecule has 0 fully saturated rings. The molecule has 0 radical (unpaired) electrons. The maximum Gasteiger partial charge on any atom is 0.272 e. The first kappa shape index (κ1) is 30.9. The molecule has 0 saturated carbocycles. The topological polar surface area (TPSA) is 119 Å². The number of ether oxygens (including phenoxy) is 2. The third kappa shape index (κ3) is 8.46. The second kappa shape index (κ2) is 15.2. The summed E-state index contributed by atoms with van der Waals surface area (Å²) in [6.07, 6.45) is 3.73. The molecule has 0 aliphatic heterocycles. The minimum atomic E-state index is -0.545. The summed E-state index contributed by atoms with van der Waals surface area (Å²) in [4.78, 5) is 44.5. The van der Waals surface area contributed by atoms with Gasteiger partial charge in [-0.05, 0) is 61.0 Å². The number of carbonyl (C=O) groups excluding carboxylic acids is 3. The van der Waals surface area contributed by atoms with Crippen molar-refractivity contribution in [2.24, 2.45) is 0 Å². The average Bonchev–Trinajstić information content (AvgIpc) is 3.04. The van der Waals surface area contributed by atoms with E-state index in [1.807, 2.05) is 13.0 Å². The zero-order valence-corrected chi connectivity index (χ0v) is 24.8. The van der Waals surface area contributed by atoms with Crippen LogP contribution in [-0.4, -0.2) is 42.2 Å². The van der Waals surface area contributed by atoms with Gasteiger partial charge in [-0.1, -0.05) is 49.4 Å². The molecule has 4 rings (SSSR count). The van der Waals surface area contributed by atoms with Crippen molar-refractivity contribution >= 4 is 47.1 Å². The van der Waals surface area contributed by atoms with E-state index in [-0.39, 0.29) is 16.9 Å². The van der Waals surface area contributed by atoms with Crippen molar-refractivity contribution in [3.8, 4) is 11.5 Å². The Hall–Kier alpha value is -5.09. The number of nitrogens with one attached hydrogen (secondary N) is 3. The van der Waals surface area contributed by atoms with E-state index in [1.165, 1.54) is 32.1 Å². The number of rotatable bonds is 12. The first-order valence-electron chi connectivity index (χ1n) is 13.5. The van der Waals surface area contributed by atoms with Crippen LogP contribution in [0, 0.1) is 0 Å². The summed E-state index contributed by atoms with van der Waals surface area (Å²) in [7, 11) is 3.02. The van der Waals surface area contributed by atoms with Gasteiger partial charge in [0, 0.05) is 27.9 Å². The van der Waals surface area contributed by atoms with Crippen LogP contribution >= 0.6 is 11.8 Å². The molecular weight excluding hydrogens is 564 g/mol. The average molecular weight is 597 g/mol. The van der Waals surface area contributed by atoms with Crippen LogP contribution in [0.4, 0.5) is 11.5 Å². The van der Waals surface area contributed by atoms with E-state index in [2.05, 4.69) is 20.9 Å². The van der Waals surface area contributed by atoms with Crippen LogP contribution < -0.4 is 25.4 Å². The summed E-state index contributed by atoms with van der Waals surface area (Å²) in [5.41, 5.74) is 1.42. The zero-order valence-electron chi connectivity index (χ0n) is 24.0. The number of thioether (sulfide) groups is 1. The maximum absolute atomic E-state index is 13.6. The van der Waals surface area contributed by atoms with E-state index in [0.717, 1.165) is 4.90 Å². The zero-order chi connectivity index (χ0) is 30.6. The highest BCUT2D eigenvalue weighted by Gasteiger charge is 2.20. The first-order chi connectivity index (χ1) is 20.9. The lowest BCUT2D eigenvalue weighted by Gasteiger charge is -2.16. The number of benzene rings is 3. The van der Waals surface area contributed by atoms with Gasteiger partial charge in [-0.3, -0.25) is 14.4 Å². The predicted molar refractivity (Wildman–Crippen MR) is 169 cm³/mol. The molecule has 9 nitrogen and oxygen atoms in total. The van der Waals surface area contributed by atoms with Gasteiger partial charge in [0.25, 0.3) is 11.8 Å². The third-order valence-electron chi connectivity index (χ3n) is 6.21. The molecule has 1 heterocycles. The number of hydrogen-bond donors (Lipinski definition) is 3. The minimum absolute atomic E-state index is 0.000337. The number of anilines is 2. The van der Waals surface area contributed by atoms with Crippen molar-refractivity contribution in [1.82, 2.24) is 10.3 Å². The van der Waals surface area contributed by atoms with Crippen molar-refractivity contribution in [3.63, 3.8) is 0 Å². The molecule has 0 aliphatic rings. The van der Waals surface area contributed by atoms with Crippen molar-refractivity contribution in [3.05, 3.63) is 114 Å². The number of hydrogen-bond acceptors (Lipinski definition) is 7. The Morgan fingerprint density at radius 3 is 2.35 bits per heavy atom. The molecule has 220 valence electrons. The van der Waals surface area contributed by atoms with Crippen molar-refractivity contribution in [2.45, 2.75) is 23.5 Å². The van der Waals surface area contributed by atoms with Crippen LogP contribution in [0.1, 0.15) is 29.3 Å². The lowest BCUT2D eigenvalue weighted by molar-refractivity contribution is -0.116. The highest BCUT2D eigenvalue weighted by molar-refractivity contribution is 8.00. The van der Waals surface area contributed by atoms with Crippen molar-refractivity contribution in [2.75, 3.05) is 24.9 Å². The van der Waals surface area contributed by atoms with Gasteiger partial charge in [0.2, 0.25) is 5.91 Å². The van der Waals surface area contributed by atoms with E-state index in [4.69, 9.17) is 9.47 Å². The second-order valence-electron chi connectivity index (χ2n) is 9.16. The Morgan fingerprint density at radius 2 is 1.65 bits per heavy atom. The highest BCUT2D eigenvalue weighted by atomic mass is 32.2. The molecule has 1 aromatic heterocycles. The molecule has 4 aromatic rings. The molecular formula is C33H32N4O5S. The van der Waals surface area contributed by atoms with Crippen LogP contribution in [0.25, 0.3) is 6.08 Å². The summed E-state index contributed by atoms with van der Waals surface area (Å²) in [6, 6.07) is 26.3. The molecule has 1 atom stereocenters. The number of para-hydroxylation sites is 1. The molecule has 10 heteroatoms. The molecule has 43 heavy (non-hydrogen) atoms. The first-order valence-corrected chi connectivity index (χ1v) is 14.4. The number of pyridine rings is 1. The summed E-state index contributed by atoms with van der Waals surface area (Å²) in [5, 5.41) is 8.06. The smallest absolute Gasteiger partial charge is 0.272 e.